The molecule has 1 fully saturated rings. The summed E-state index contributed by atoms with van der Waals surface area (Å²) in [5, 5.41) is 15.1. The van der Waals surface area contributed by atoms with Crippen LogP contribution in [0, 0.1) is 0 Å². The summed E-state index contributed by atoms with van der Waals surface area (Å²) in [6, 6.07) is 6.39. The van der Waals surface area contributed by atoms with Gasteiger partial charge in [0, 0.05) is 17.7 Å². The number of β-amino-alcohol motifs (C(OH)–C–C–N with tert-alkyl or cyclic N) is 1. The van der Waals surface area contributed by atoms with Crippen LogP contribution in [0.3, 0.4) is 0 Å². The van der Waals surface area contributed by atoms with Gasteiger partial charge in [-0.3, -0.25) is 0 Å². The number of hydrogen-bond donors (Lipinski definition) is 2. The van der Waals surface area contributed by atoms with Crippen molar-refractivity contribution in [2.75, 3.05) is 18.1 Å². The number of hydrogen-bond acceptors (Lipinski definition) is 7. The van der Waals surface area contributed by atoms with Crippen molar-refractivity contribution in [3.8, 4) is 11.3 Å². The SMILES string of the molecule is C[C@H]1[C@H](O)CN1c1nc2c(c(-c3cccc(S(N)(=O)=O)c3)n1)CCOC2. The fourth-order valence-electron chi connectivity index (χ4n) is 3.28. The van der Waals surface area contributed by atoms with Crippen molar-refractivity contribution in [1.82, 2.24) is 9.97 Å². The summed E-state index contributed by atoms with van der Waals surface area (Å²) < 4.78 is 28.9. The molecular weight excluding hydrogens is 356 g/mol. The maximum atomic E-state index is 11.7. The molecule has 9 heteroatoms. The fraction of sp³-hybridized carbons (Fsp3) is 0.412. The number of sulfonamides is 1. The number of benzene rings is 1. The van der Waals surface area contributed by atoms with Crippen molar-refractivity contribution in [3.63, 3.8) is 0 Å². The van der Waals surface area contributed by atoms with Gasteiger partial charge in [0.15, 0.2) is 0 Å². The Bertz CT molecular complexity index is 963. The first-order chi connectivity index (χ1) is 12.3. The number of aliphatic hydroxyl groups excluding tert-OH is 1. The minimum absolute atomic E-state index is 0.0451. The summed E-state index contributed by atoms with van der Waals surface area (Å²) in [5.74, 6) is 0.517. The van der Waals surface area contributed by atoms with Gasteiger partial charge in [0.1, 0.15) is 0 Å². The molecule has 0 amide bonds. The zero-order chi connectivity index (χ0) is 18.5. The summed E-state index contributed by atoms with van der Waals surface area (Å²) in [6.07, 6.45) is 0.253. The lowest BCUT2D eigenvalue weighted by Crippen LogP contribution is -2.59. The normalized spacial score (nSPS) is 22.7. The maximum absolute atomic E-state index is 11.7. The third-order valence-corrected chi connectivity index (χ3v) is 5.85. The minimum Gasteiger partial charge on any atom is -0.389 e. The number of anilines is 1. The molecule has 0 spiro atoms. The molecule has 1 aromatic heterocycles. The highest BCUT2D eigenvalue weighted by atomic mass is 32.2. The molecule has 4 rings (SSSR count). The van der Waals surface area contributed by atoms with Crippen molar-refractivity contribution in [2.45, 2.75) is 37.0 Å². The molecule has 3 heterocycles. The number of fused-ring (bicyclic) bond motifs is 1. The van der Waals surface area contributed by atoms with Crippen LogP contribution < -0.4 is 10.0 Å². The highest BCUT2D eigenvalue weighted by Crippen LogP contribution is 2.32. The van der Waals surface area contributed by atoms with E-state index in [0.717, 1.165) is 11.3 Å². The van der Waals surface area contributed by atoms with Gasteiger partial charge >= 0.3 is 0 Å². The molecule has 1 saturated heterocycles. The van der Waals surface area contributed by atoms with E-state index in [4.69, 9.17) is 14.9 Å². The number of rotatable bonds is 3. The van der Waals surface area contributed by atoms with Gasteiger partial charge in [-0.15, -0.1) is 0 Å². The molecule has 0 radical (unpaired) electrons. The Hall–Kier alpha value is -2.07. The van der Waals surface area contributed by atoms with E-state index in [2.05, 4.69) is 4.98 Å². The Labute approximate surface area is 151 Å². The predicted molar refractivity (Wildman–Crippen MR) is 95.0 cm³/mol. The zero-order valence-electron chi connectivity index (χ0n) is 14.3. The van der Waals surface area contributed by atoms with Crippen molar-refractivity contribution >= 4 is 16.0 Å². The summed E-state index contributed by atoms with van der Waals surface area (Å²) in [4.78, 5) is 11.3. The Morgan fingerprint density at radius 2 is 2.15 bits per heavy atom. The summed E-state index contributed by atoms with van der Waals surface area (Å²) in [7, 11) is -3.80. The van der Waals surface area contributed by atoms with Crippen molar-refractivity contribution in [3.05, 3.63) is 35.5 Å². The molecule has 3 N–H and O–H groups in total. The Morgan fingerprint density at radius 1 is 1.35 bits per heavy atom. The number of aromatic nitrogens is 2. The van der Waals surface area contributed by atoms with Gasteiger partial charge in [-0.1, -0.05) is 12.1 Å². The van der Waals surface area contributed by atoms with Crippen molar-refractivity contribution in [2.24, 2.45) is 5.14 Å². The second-order valence-corrected chi connectivity index (χ2v) is 8.19. The van der Waals surface area contributed by atoms with Gasteiger partial charge in [-0.25, -0.2) is 23.5 Å². The lowest BCUT2D eigenvalue weighted by Gasteiger charge is -2.43. The molecule has 2 atom stereocenters. The monoisotopic (exact) mass is 376 g/mol. The van der Waals surface area contributed by atoms with E-state index in [1.54, 1.807) is 6.07 Å². The van der Waals surface area contributed by atoms with E-state index in [0.29, 0.717) is 43.4 Å². The first-order valence-corrected chi connectivity index (χ1v) is 9.94. The highest BCUT2D eigenvalue weighted by molar-refractivity contribution is 7.89. The Kier molecular flexibility index (Phi) is 4.19. The predicted octanol–water partition coefficient (Wildman–Crippen LogP) is 0.433. The van der Waals surface area contributed by atoms with E-state index in [9.17, 15) is 13.5 Å². The molecule has 2 aliphatic heterocycles. The fourth-order valence-corrected chi connectivity index (χ4v) is 3.84. The summed E-state index contributed by atoms with van der Waals surface area (Å²) in [5.41, 5.74) is 3.12. The van der Waals surface area contributed by atoms with Crippen LogP contribution in [0.1, 0.15) is 18.2 Å². The third kappa shape index (κ3) is 2.96. The number of nitrogens with two attached hydrogens (primary N) is 1. The van der Waals surface area contributed by atoms with Gasteiger partial charge in [0.25, 0.3) is 0 Å². The van der Waals surface area contributed by atoms with Crippen molar-refractivity contribution < 1.29 is 18.3 Å². The molecule has 0 aliphatic carbocycles. The lowest BCUT2D eigenvalue weighted by atomic mass is 9.99. The molecule has 8 nitrogen and oxygen atoms in total. The molecule has 0 saturated carbocycles. The van der Waals surface area contributed by atoms with Crippen LogP contribution in [0.25, 0.3) is 11.3 Å². The third-order valence-electron chi connectivity index (χ3n) is 4.94. The van der Waals surface area contributed by atoms with Crippen LogP contribution in [-0.2, 0) is 27.8 Å². The van der Waals surface area contributed by atoms with Gasteiger partial charge in [0.05, 0.1) is 41.6 Å². The molecule has 2 aromatic rings. The molecule has 26 heavy (non-hydrogen) atoms. The smallest absolute Gasteiger partial charge is 0.238 e. The van der Waals surface area contributed by atoms with E-state index in [-0.39, 0.29) is 10.9 Å². The van der Waals surface area contributed by atoms with Crippen LogP contribution in [0.2, 0.25) is 0 Å². The molecule has 2 aliphatic rings. The quantitative estimate of drug-likeness (QED) is 0.797. The first-order valence-electron chi connectivity index (χ1n) is 8.40. The van der Waals surface area contributed by atoms with Gasteiger partial charge in [-0.2, -0.15) is 0 Å². The van der Waals surface area contributed by atoms with Crippen LogP contribution >= 0.6 is 0 Å². The maximum Gasteiger partial charge on any atom is 0.238 e. The summed E-state index contributed by atoms with van der Waals surface area (Å²) in [6.45, 7) is 3.33. The van der Waals surface area contributed by atoms with Gasteiger partial charge in [0.2, 0.25) is 16.0 Å². The van der Waals surface area contributed by atoms with E-state index in [1.165, 1.54) is 12.1 Å². The molecule has 0 unspecified atom stereocenters. The van der Waals surface area contributed by atoms with Crippen LogP contribution in [0.15, 0.2) is 29.2 Å². The van der Waals surface area contributed by atoms with E-state index < -0.39 is 16.1 Å². The second kappa shape index (κ2) is 6.27. The molecule has 1 aromatic carbocycles. The van der Waals surface area contributed by atoms with Crippen LogP contribution in [0.4, 0.5) is 5.95 Å². The topological polar surface area (TPSA) is 119 Å². The lowest BCUT2D eigenvalue weighted by molar-refractivity contribution is 0.0961. The molecule has 0 bridgehead atoms. The number of nitrogens with zero attached hydrogens (tertiary/aromatic N) is 3. The van der Waals surface area contributed by atoms with Crippen LogP contribution in [0.5, 0.6) is 0 Å². The first kappa shape index (κ1) is 17.3. The minimum atomic E-state index is -3.80. The highest BCUT2D eigenvalue weighted by Gasteiger charge is 2.36. The average molecular weight is 376 g/mol. The summed E-state index contributed by atoms with van der Waals surface area (Å²) >= 11 is 0. The number of aliphatic hydroxyl groups is 1. The van der Waals surface area contributed by atoms with E-state index >= 15 is 0 Å². The number of primary sulfonamides is 1. The molecular formula is C17H20N4O4S. The largest absolute Gasteiger partial charge is 0.389 e. The second-order valence-electron chi connectivity index (χ2n) is 6.63. The van der Waals surface area contributed by atoms with Crippen molar-refractivity contribution in [1.29, 1.82) is 0 Å². The average Bonchev–Trinajstić information content (AvgIpc) is 2.64. The van der Waals surface area contributed by atoms with Gasteiger partial charge < -0.3 is 14.7 Å². The standard InChI is InChI=1S/C17H20N4O4S/c1-10-15(22)8-21(10)17-19-14-9-25-6-5-13(14)16(20-17)11-3-2-4-12(7-11)26(18,23)24/h2-4,7,10,15,22H,5-6,8-9H2,1H3,(H2,18,23,24)/t10-,15+/m0/s1. The van der Waals surface area contributed by atoms with Crippen LogP contribution in [-0.4, -0.2) is 48.8 Å². The zero-order valence-corrected chi connectivity index (χ0v) is 15.1. The Balaban J connectivity index is 1.85. The molecule has 138 valence electrons. The van der Waals surface area contributed by atoms with Gasteiger partial charge in [-0.05, 0) is 25.5 Å². The number of ether oxygens (including phenoxy) is 1. The Morgan fingerprint density at radius 3 is 2.85 bits per heavy atom. The van der Waals surface area contributed by atoms with E-state index in [1.807, 2.05) is 17.9 Å².